The molecule has 1 aromatic rings. The summed E-state index contributed by atoms with van der Waals surface area (Å²) in [6, 6.07) is 8.97. The third kappa shape index (κ3) is 11.2. The first kappa shape index (κ1) is 23.6. The van der Waals surface area contributed by atoms with Crippen molar-refractivity contribution in [2.75, 3.05) is 6.61 Å². The standard InChI is InChI=1S/C26H40O3/c27-25(24-19-13-9-14-20-24)22-29-26(28)21-15-6-4-2-1-3-5-10-16-23-17-11-7-8-12-18-23/h9,13-14,19-20,23H,1-8,10-12,15-18,21-22H2/i16+1,23+1. The summed E-state index contributed by atoms with van der Waals surface area (Å²) >= 11 is 0. The van der Waals surface area contributed by atoms with E-state index in [0.29, 0.717) is 12.0 Å². The number of hydrogen-bond acceptors (Lipinski definition) is 3. The summed E-state index contributed by atoms with van der Waals surface area (Å²) in [6.07, 6.45) is 20.5. The van der Waals surface area contributed by atoms with Crippen LogP contribution in [-0.2, 0) is 9.53 Å². The fourth-order valence-electron chi connectivity index (χ4n) is 4.34. The molecule has 1 fully saturated rings. The average Bonchev–Trinajstić information content (AvgIpc) is 3.03. The quantitative estimate of drug-likeness (QED) is 0.108. The van der Waals surface area contributed by atoms with E-state index in [1.807, 2.05) is 18.2 Å². The van der Waals surface area contributed by atoms with Crippen LogP contribution in [0.25, 0.3) is 0 Å². The molecular weight excluding hydrogens is 362 g/mol. The van der Waals surface area contributed by atoms with Crippen molar-refractivity contribution in [3.05, 3.63) is 35.9 Å². The number of ether oxygens (including phenoxy) is 1. The molecule has 0 aliphatic heterocycles. The number of hydrogen-bond donors (Lipinski definition) is 0. The zero-order valence-electron chi connectivity index (χ0n) is 18.2. The van der Waals surface area contributed by atoms with Crippen LogP contribution in [-0.4, -0.2) is 18.4 Å². The van der Waals surface area contributed by atoms with Gasteiger partial charge >= 0.3 is 5.97 Å². The number of carbonyl (C=O) groups is 2. The molecule has 3 nitrogen and oxygen atoms in total. The molecule has 0 unspecified atom stereocenters. The van der Waals surface area contributed by atoms with Gasteiger partial charge in [0.1, 0.15) is 0 Å². The first-order valence-corrected chi connectivity index (χ1v) is 12.0. The molecule has 0 bridgehead atoms. The van der Waals surface area contributed by atoms with E-state index in [4.69, 9.17) is 4.74 Å². The van der Waals surface area contributed by atoms with E-state index >= 15 is 0 Å². The minimum Gasteiger partial charge on any atom is -0.457 e. The molecule has 29 heavy (non-hydrogen) atoms. The summed E-state index contributed by atoms with van der Waals surface area (Å²) in [5.74, 6) is 0.617. The second-order valence-corrected chi connectivity index (χ2v) is 8.67. The van der Waals surface area contributed by atoms with Crippen molar-refractivity contribution in [3.63, 3.8) is 0 Å². The lowest BCUT2D eigenvalue weighted by Gasteiger charge is -2.13. The predicted molar refractivity (Wildman–Crippen MR) is 119 cm³/mol. The molecule has 1 aliphatic rings. The van der Waals surface area contributed by atoms with E-state index in [1.54, 1.807) is 12.1 Å². The van der Waals surface area contributed by atoms with Crippen molar-refractivity contribution in [2.24, 2.45) is 5.92 Å². The third-order valence-corrected chi connectivity index (χ3v) is 6.18. The van der Waals surface area contributed by atoms with Crippen LogP contribution in [0, 0.1) is 5.92 Å². The monoisotopic (exact) mass is 402 g/mol. The van der Waals surface area contributed by atoms with Gasteiger partial charge in [-0.1, -0.05) is 120 Å². The lowest BCUT2D eigenvalue weighted by atomic mass is 10.1. The SMILES string of the molecule is O=C(CCCCCCCCC[13CH2][13CH]1CCCCCC1)OCC(=O)c1ccccc1. The highest BCUT2D eigenvalue weighted by Gasteiger charge is 2.11. The van der Waals surface area contributed by atoms with Gasteiger partial charge in [0.15, 0.2) is 12.4 Å². The molecule has 0 aromatic heterocycles. The van der Waals surface area contributed by atoms with Crippen LogP contribution in [0.2, 0.25) is 0 Å². The number of rotatable bonds is 14. The molecule has 0 spiro atoms. The van der Waals surface area contributed by atoms with Crippen LogP contribution in [0.3, 0.4) is 0 Å². The Bertz CT molecular complexity index is 559. The molecule has 0 atom stereocenters. The van der Waals surface area contributed by atoms with Gasteiger partial charge in [-0.05, 0) is 12.3 Å². The zero-order valence-corrected chi connectivity index (χ0v) is 18.2. The van der Waals surface area contributed by atoms with E-state index < -0.39 is 0 Å². The minimum absolute atomic E-state index is 0.141. The summed E-state index contributed by atoms with van der Waals surface area (Å²) in [7, 11) is 0. The van der Waals surface area contributed by atoms with Crippen molar-refractivity contribution in [3.8, 4) is 0 Å². The van der Waals surface area contributed by atoms with Crippen LogP contribution in [0.1, 0.15) is 113 Å². The van der Waals surface area contributed by atoms with Crippen molar-refractivity contribution in [2.45, 2.75) is 103 Å². The average molecular weight is 403 g/mol. The van der Waals surface area contributed by atoms with E-state index in [0.717, 1.165) is 18.8 Å². The Kier molecular flexibility index (Phi) is 12.4. The van der Waals surface area contributed by atoms with Crippen LogP contribution >= 0.6 is 0 Å². The van der Waals surface area contributed by atoms with Crippen molar-refractivity contribution in [1.29, 1.82) is 0 Å². The summed E-state index contributed by atoms with van der Waals surface area (Å²) in [5, 5.41) is 0. The maximum absolute atomic E-state index is 11.9. The topological polar surface area (TPSA) is 43.4 Å². The number of carbonyl (C=O) groups excluding carboxylic acids is 2. The summed E-state index contributed by atoms with van der Waals surface area (Å²) in [6.45, 7) is -0.149. The number of ketones is 1. The molecule has 2 rings (SSSR count). The number of Topliss-reactive ketones (excluding diaryl/α,β-unsaturated/α-hetero) is 1. The molecule has 1 aromatic carbocycles. The van der Waals surface area contributed by atoms with Gasteiger partial charge < -0.3 is 4.74 Å². The molecule has 1 saturated carbocycles. The van der Waals surface area contributed by atoms with Crippen LogP contribution in [0.15, 0.2) is 30.3 Å². The first-order valence-electron chi connectivity index (χ1n) is 12.0. The van der Waals surface area contributed by atoms with E-state index in [1.165, 1.54) is 83.5 Å². The van der Waals surface area contributed by atoms with Crippen LogP contribution in [0.4, 0.5) is 0 Å². The van der Waals surface area contributed by atoms with E-state index in [9.17, 15) is 9.59 Å². The Balaban J connectivity index is 1.36. The van der Waals surface area contributed by atoms with Crippen LogP contribution in [0.5, 0.6) is 0 Å². The Morgan fingerprint density at radius 1 is 0.759 bits per heavy atom. The second-order valence-electron chi connectivity index (χ2n) is 8.67. The molecule has 0 N–H and O–H groups in total. The fourth-order valence-corrected chi connectivity index (χ4v) is 4.34. The minimum atomic E-state index is -0.257. The molecule has 0 radical (unpaired) electrons. The van der Waals surface area contributed by atoms with Crippen molar-refractivity contribution >= 4 is 11.8 Å². The molecule has 0 amide bonds. The van der Waals surface area contributed by atoms with Gasteiger partial charge in [0.2, 0.25) is 0 Å². The Labute approximate surface area is 177 Å². The van der Waals surface area contributed by atoms with Crippen molar-refractivity contribution < 1.29 is 14.3 Å². The largest absolute Gasteiger partial charge is 0.457 e. The maximum atomic E-state index is 11.9. The molecule has 1 aliphatic carbocycles. The Hall–Kier alpha value is -1.64. The molecule has 0 saturated heterocycles. The highest BCUT2D eigenvalue weighted by atomic mass is 16.5. The summed E-state index contributed by atoms with van der Waals surface area (Å²) in [4.78, 5) is 23.7. The van der Waals surface area contributed by atoms with Crippen LogP contribution < -0.4 is 0 Å². The molecule has 162 valence electrons. The molecular formula is C26H40O3. The highest BCUT2D eigenvalue weighted by Crippen LogP contribution is 2.27. The Morgan fingerprint density at radius 2 is 1.34 bits per heavy atom. The van der Waals surface area contributed by atoms with Gasteiger partial charge in [0.05, 0.1) is 0 Å². The third-order valence-electron chi connectivity index (χ3n) is 6.18. The van der Waals surface area contributed by atoms with Crippen molar-refractivity contribution in [1.82, 2.24) is 0 Å². The van der Waals surface area contributed by atoms with Gasteiger partial charge in [-0.25, -0.2) is 0 Å². The highest BCUT2D eigenvalue weighted by molar-refractivity contribution is 5.97. The van der Waals surface area contributed by atoms with Gasteiger partial charge in [-0.3, -0.25) is 9.59 Å². The molecule has 0 heterocycles. The maximum Gasteiger partial charge on any atom is 0.306 e. The van der Waals surface area contributed by atoms with E-state index in [-0.39, 0.29) is 18.4 Å². The van der Waals surface area contributed by atoms with E-state index in [2.05, 4.69) is 0 Å². The first-order chi connectivity index (χ1) is 14.3. The smallest absolute Gasteiger partial charge is 0.306 e. The summed E-state index contributed by atoms with van der Waals surface area (Å²) < 4.78 is 5.10. The normalized spacial score (nSPS) is 15.0. The lowest BCUT2D eigenvalue weighted by Crippen LogP contribution is -2.13. The number of unbranched alkanes of at least 4 members (excludes halogenated alkanes) is 7. The molecule has 3 heteroatoms. The van der Waals surface area contributed by atoms with Gasteiger partial charge in [-0.15, -0.1) is 0 Å². The fraction of sp³-hybridized carbons (Fsp3) is 0.692. The summed E-state index contributed by atoms with van der Waals surface area (Å²) in [5.41, 5.74) is 0.592. The second kappa shape index (κ2) is 15.2. The predicted octanol–water partition coefficient (Wildman–Crippen LogP) is 7.28. The zero-order chi connectivity index (χ0) is 20.6. The number of esters is 1. The van der Waals surface area contributed by atoms with Gasteiger partial charge in [0, 0.05) is 12.0 Å². The number of benzene rings is 1. The lowest BCUT2D eigenvalue weighted by molar-refractivity contribution is -0.142. The van der Waals surface area contributed by atoms with Gasteiger partial charge in [0.25, 0.3) is 0 Å². The van der Waals surface area contributed by atoms with Gasteiger partial charge in [-0.2, -0.15) is 0 Å². The Morgan fingerprint density at radius 3 is 2.00 bits per heavy atom.